The van der Waals surface area contributed by atoms with Gasteiger partial charge in [0.1, 0.15) is 0 Å². The fourth-order valence-corrected chi connectivity index (χ4v) is 4.06. The number of alkyl halides is 3. The normalized spacial score (nSPS) is 26.2. The predicted molar refractivity (Wildman–Crippen MR) is 101 cm³/mol. The number of aromatic nitrogens is 3. The van der Waals surface area contributed by atoms with E-state index >= 15 is 0 Å². The van der Waals surface area contributed by atoms with E-state index in [2.05, 4.69) is 15.2 Å². The third-order valence-corrected chi connectivity index (χ3v) is 6.01. The van der Waals surface area contributed by atoms with Crippen molar-refractivity contribution in [2.75, 3.05) is 6.61 Å². The highest BCUT2D eigenvalue weighted by Gasteiger charge is 2.45. The van der Waals surface area contributed by atoms with Crippen LogP contribution >= 0.6 is 0 Å². The van der Waals surface area contributed by atoms with Crippen LogP contribution in [0.25, 0.3) is 11.1 Å². The molecular weight excluding hydrogens is 399 g/mol. The highest BCUT2D eigenvalue weighted by atomic mass is 19.4. The van der Waals surface area contributed by atoms with Crippen LogP contribution in [0.1, 0.15) is 43.7 Å². The molecule has 6 nitrogen and oxygen atoms in total. The lowest BCUT2D eigenvalue weighted by molar-refractivity contribution is -0.184. The molecule has 0 amide bonds. The number of hydrogen-bond acceptors (Lipinski definition) is 5. The highest BCUT2D eigenvalue weighted by Crippen LogP contribution is 2.47. The predicted octanol–water partition coefficient (Wildman–Crippen LogP) is 4.47. The lowest BCUT2D eigenvalue weighted by Crippen LogP contribution is -2.29. The van der Waals surface area contributed by atoms with Crippen LogP contribution in [-0.4, -0.2) is 39.0 Å². The van der Waals surface area contributed by atoms with Gasteiger partial charge in [0.2, 0.25) is 5.88 Å². The molecule has 2 aliphatic carbocycles. The van der Waals surface area contributed by atoms with Crippen LogP contribution in [0.4, 0.5) is 13.2 Å². The van der Waals surface area contributed by atoms with E-state index in [0.717, 1.165) is 16.8 Å². The lowest BCUT2D eigenvalue weighted by atomic mass is 9.82. The second-order valence-corrected chi connectivity index (χ2v) is 8.11. The Bertz CT molecular complexity index is 914. The molecule has 0 aliphatic heterocycles. The van der Waals surface area contributed by atoms with Gasteiger partial charge in [0.15, 0.2) is 0 Å². The Balaban J connectivity index is 1.36. The number of hydrogen-bond donors (Lipinski definition) is 1. The van der Waals surface area contributed by atoms with Crippen LogP contribution in [0, 0.1) is 17.8 Å². The zero-order valence-corrected chi connectivity index (χ0v) is 16.2. The smallest absolute Gasteiger partial charge is 0.391 e. The molecule has 0 radical (unpaired) electrons. The monoisotopic (exact) mass is 421 g/mol. The van der Waals surface area contributed by atoms with E-state index in [4.69, 9.17) is 9.84 Å². The van der Waals surface area contributed by atoms with Crippen molar-refractivity contribution in [3.05, 3.63) is 36.3 Å². The first-order valence-electron chi connectivity index (χ1n) is 10.0. The molecular formula is C21H22F3N3O3. The van der Waals surface area contributed by atoms with Crippen molar-refractivity contribution in [3.8, 4) is 17.0 Å². The van der Waals surface area contributed by atoms with Gasteiger partial charge >= 0.3 is 12.1 Å². The Kier molecular flexibility index (Phi) is 5.62. The average Bonchev–Trinajstić information content (AvgIpc) is 3.54. The number of pyridine rings is 1. The fourth-order valence-electron chi connectivity index (χ4n) is 4.06. The quantitative estimate of drug-likeness (QED) is 0.741. The summed E-state index contributed by atoms with van der Waals surface area (Å²) >= 11 is 0. The topological polar surface area (TPSA) is 85.2 Å². The third kappa shape index (κ3) is 4.71. The van der Waals surface area contributed by atoms with E-state index < -0.39 is 18.1 Å². The van der Waals surface area contributed by atoms with Crippen LogP contribution in [0.2, 0.25) is 0 Å². The average molecular weight is 421 g/mol. The van der Waals surface area contributed by atoms with Crippen molar-refractivity contribution in [2.24, 2.45) is 17.8 Å². The van der Waals surface area contributed by atoms with Gasteiger partial charge in [-0.25, -0.2) is 0 Å². The molecule has 2 saturated carbocycles. The Morgan fingerprint density at radius 2 is 1.93 bits per heavy atom. The number of rotatable bonds is 6. The summed E-state index contributed by atoms with van der Waals surface area (Å²) in [4.78, 5) is 15.4. The number of carbonyl (C=O) groups is 1. The zero-order chi connectivity index (χ0) is 21.3. The number of halogens is 3. The molecule has 160 valence electrons. The molecule has 30 heavy (non-hydrogen) atoms. The standard InChI is InChI=1S/C21H22F3N3O3/c22-21(23,24)15-3-1-12(2-4-15)11-30-19-8-14(10-26-27-19)13-5-6-25-18(7-13)16-9-17(16)20(28)29/h5-8,10,12,15-17H,1-4,9,11H2,(H,28,29)/t12?,15?,16-,17-/m1/s1. The molecule has 2 aromatic rings. The minimum absolute atomic E-state index is 0.0696. The molecule has 0 bridgehead atoms. The number of carboxylic acid groups (broad SMARTS) is 1. The molecule has 2 aliphatic rings. The fraction of sp³-hybridized carbons (Fsp3) is 0.524. The van der Waals surface area contributed by atoms with Crippen molar-refractivity contribution in [1.29, 1.82) is 0 Å². The molecule has 4 rings (SSSR count). The van der Waals surface area contributed by atoms with Crippen molar-refractivity contribution in [2.45, 2.75) is 44.2 Å². The van der Waals surface area contributed by atoms with Gasteiger partial charge in [-0.05, 0) is 55.7 Å². The number of carboxylic acids is 1. The molecule has 9 heteroatoms. The summed E-state index contributed by atoms with van der Waals surface area (Å²) in [5.74, 6) is -2.07. The molecule has 1 N–H and O–H groups in total. The van der Waals surface area contributed by atoms with E-state index in [1.165, 1.54) is 0 Å². The summed E-state index contributed by atoms with van der Waals surface area (Å²) < 4.78 is 44.1. The minimum Gasteiger partial charge on any atom is -0.481 e. The van der Waals surface area contributed by atoms with Gasteiger partial charge in [0, 0.05) is 29.4 Å². The summed E-state index contributed by atoms with van der Waals surface area (Å²) in [5, 5.41) is 17.0. The summed E-state index contributed by atoms with van der Waals surface area (Å²) in [6.45, 7) is 0.312. The zero-order valence-electron chi connectivity index (χ0n) is 16.2. The first-order valence-corrected chi connectivity index (χ1v) is 10.0. The van der Waals surface area contributed by atoms with E-state index in [1.54, 1.807) is 24.5 Å². The number of nitrogens with zero attached hydrogens (tertiary/aromatic N) is 3. The van der Waals surface area contributed by atoms with Gasteiger partial charge < -0.3 is 9.84 Å². The Morgan fingerprint density at radius 3 is 2.60 bits per heavy atom. The second-order valence-electron chi connectivity index (χ2n) is 8.11. The van der Waals surface area contributed by atoms with Gasteiger partial charge in [-0.2, -0.15) is 18.3 Å². The maximum absolute atomic E-state index is 12.8. The summed E-state index contributed by atoms with van der Waals surface area (Å²) in [7, 11) is 0. The Labute approximate surface area is 171 Å². The number of ether oxygens (including phenoxy) is 1. The maximum atomic E-state index is 12.8. The summed E-state index contributed by atoms with van der Waals surface area (Å²) in [6.07, 6.45) is 0.951. The molecule has 0 unspecified atom stereocenters. The molecule has 0 aromatic carbocycles. The van der Waals surface area contributed by atoms with Gasteiger partial charge in [-0.1, -0.05) is 0 Å². The molecule has 2 heterocycles. The van der Waals surface area contributed by atoms with Crippen LogP contribution < -0.4 is 4.74 Å². The van der Waals surface area contributed by atoms with Crippen LogP contribution in [-0.2, 0) is 4.79 Å². The van der Waals surface area contributed by atoms with E-state index in [0.29, 0.717) is 31.7 Å². The van der Waals surface area contributed by atoms with E-state index in [-0.39, 0.29) is 30.6 Å². The van der Waals surface area contributed by atoms with Crippen molar-refractivity contribution < 1.29 is 27.8 Å². The van der Waals surface area contributed by atoms with Crippen LogP contribution in [0.15, 0.2) is 30.6 Å². The van der Waals surface area contributed by atoms with Crippen molar-refractivity contribution in [1.82, 2.24) is 15.2 Å². The Hall–Kier alpha value is -2.71. The third-order valence-electron chi connectivity index (χ3n) is 6.01. The highest BCUT2D eigenvalue weighted by molar-refractivity contribution is 5.75. The van der Waals surface area contributed by atoms with Gasteiger partial charge in [-0.3, -0.25) is 9.78 Å². The van der Waals surface area contributed by atoms with Crippen molar-refractivity contribution >= 4 is 5.97 Å². The molecule has 2 atom stereocenters. The van der Waals surface area contributed by atoms with Gasteiger partial charge in [0.25, 0.3) is 0 Å². The first kappa shape index (κ1) is 20.6. The molecule has 2 fully saturated rings. The maximum Gasteiger partial charge on any atom is 0.391 e. The summed E-state index contributed by atoms with van der Waals surface area (Å²) in [5.41, 5.74) is 2.33. The SMILES string of the molecule is O=C(O)[C@@H]1C[C@H]1c1cc(-c2cnnc(OCC3CCC(C(F)(F)F)CC3)c2)ccn1. The summed E-state index contributed by atoms with van der Waals surface area (Å²) in [6, 6.07) is 5.39. The number of aliphatic carboxylic acids is 1. The molecule has 2 aromatic heterocycles. The van der Waals surface area contributed by atoms with Crippen molar-refractivity contribution in [3.63, 3.8) is 0 Å². The van der Waals surface area contributed by atoms with Crippen LogP contribution in [0.3, 0.4) is 0 Å². The first-order chi connectivity index (χ1) is 14.3. The minimum atomic E-state index is -4.11. The lowest BCUT2D eigenvalue weighted by Gasteiger charge is -2.29. The van der Waals surface area contributed by atoms with Gasteiger partial charge in [-0.15, -0.1) is 5.10 Å². The largest absolute Gasteiger partial charge is 0.481 e. The van der Waals surface area contributed by atoms with E-state index in [9.17, 15) is 18.0 Å². The van der Waals surface area contributed by atoms with Crippen LogP contribution in [0.5, 0.6) is 5.88 Å². The second kappa shape index (κ2) is 8.20. The molecule has 0 spiro atoms. The van der Waals surface area contributed by atoms with Gasteiger partial charge in [0.05, 0.1) is 24.6 Å². The van der Waals surface area contributed by atoms with E-state index in [1.807, 2.05) is 6.07 Å². The Morgan fingerprint density at radius 1 is 1.17 bits per heavy atom. The molecule has 0 saturated heterocycles.